The van der Waals surface area contributed by atoms with Gasteiger partial charge in [0.25, 0.3) is 0 Å². The molecule has 1 aromatic heterocycles. The van der Waals surface area contributed by atoms with E-state index in [0.717, 1.165) is 28.4 Å². The van der Waals surface area contributed by atoms with E-state index in [1.165, 1.54) is 0 Å². The molecule has 0 bridgehead atoms. The molecule has 2 rings (SSSR count). The van der Waals surface area contributed by atoms with Gasteiger partial charge in [0.1, 0.15) is 0 Å². The smallest absolute Gasteiger partial charge is 0.161 e. The third kappa shape index (κ3) is 3.02. The number of ether oxygens (including phenoxy) is 2. The van der Waals surface area contributed by atoms with Crippen LogP contribution in [0.2, 0.25) is 0 Å². The van der Waals surface area contributed by atoms with Gasteiger partial charge in [0.05, 0.1) is 25.6 Å². The van der Waals surface area contributed by atoms with Crippen LogP contribution in [0.4, 0.5) is 5.69 Å². The Balaban J connectivity index is 2.21. The Kier molecular flexibility index (Phi) is 4.45. The highest BCUT2D eigenvalue weighted by atomic mass is 16.5. The summed E-state index contributed by atoms with van der Waals surface area (Å²) < 4.78 is 10.6. The fraction of sp³-hybridized carbons (Fsp3) is 0.312. The summed E-state index contributed by atoms with van der Waals surface area (Å²) in [7, 11) is 3.28. The molecule has 106 valence electrons. The maximum absolute atomic E-state index is 5.34. The summed E-state index contributed by atoms with van der Waals surface area (Å²) >= 11 is 0. The van der Waals surface area contributed by atoms with Crippen LogP contribution in [0.1, 0.15) is 24.2 Å². The first-order valence-corrected chi connectivity index (χ1v) is 6.55. The zero-order valence-electron chi connectivity index (χ0n) is 12.3. The summed E-state index contributed by atoms with van der Waals surface area (Å²) in [5.41, 5.74) is 3.15. The molecular formula is C16H20N2O2. The molecule has 2 aromatic rings. The third-order valence-corrected chi connectivity index (χ3v) is 3.29. The molecule has 1 atom stereocenters. The molecule has 1 N–H and O–H groups in total. The van der Waals surface area contributed by atoms with Crippen molar-refractivity contribution in [3.63, 3.8) is 0 Å². The minimum atomic E-state index is 0.151. The average Bonchev–Trinajstić information content (AvgIpc) is 2.48. The first kappa shape index (κ1) is 14.2. The fourth-order valence-electron chi connectivity index (χ4n) is 2.08. The lowest BCUT2D eigenvalue weighted by atomic mass is 10.1. The van der Waals surface area contributed by atoms with Gasteiger partial charge in [0.2, 0.25) is 0 Å². The minimum absolute atomic E-state index is 0.151. The Labute approximate surface area is 119 Å². The normalized spacial score (nSPS) is 11.8. The second-order valence-electron chi connectivity index (χ2n) is 4.62. The lowest BCUT2D eigenvalue weighted by Gasteiger charge is -2.18. The highest BCUT2D eigenvalue weighted by Gasteiger charge is 2.11. The van der Waals surface area contributed by atoms with Gasteiger partial charge in [-0.2, -0.15) is 0 Å². The van der Waals surface area contributed by atoms with Gasteiger partial charge in [-0.25, -0.2) is 0 Å². The van der Waals surface area contributed by atoms with Crippen LogP contribution in [-0.4, -0.2) is 19.2 Å². The first-order valence-electron chi connectivity index (χ1n) is 6.55. The monoisotopic (exact) mass is 272 g/mol. The van der Waals surface area contributed by atoms with Gasteiger partial charge in [-0.05, 0) is 43.7 Å². The van der Waals surface area contributed by atoms with E-state index in [-0.39, 0.29) is 6.04 Å². The number of nitrogens with zero attached hydrogens (tertiary/aromatic N) is 1. The molecule has 1 unspecified atom stereocenters. The largest absolute Gasteiger partial charge is 0.493 e. The number of pyridine rings is 1. The van der Waals surface area contributed by atoms with Crippen molar-refractivity contribution in [2.45, 2.75) is 19.9 Å². The third-order valence-electron chi connectivity index (χ3n) is 3.29. The Morgan fingerprint density at radius 3 is 2.50 bits per heavy atom. The summed E-state index contributed by atoms with van der Waals surface area (Å²) in [6.07, 6.45) is 1.79. The second kappa shape index (κ2) is 6.28. The van der Waals surface area contributed by atoms with Crippen molar-refractivity contribution < 1.29 is 9.47 Å². The highest BCUT2D eigenvalue weighted by Crippen LogP contribution is 2.31. The number of aryl methyl sites for hydroxylation is 1. The molecule has 0 spiro atoms. The molecule has 0 amide bonds. The van der Waals surface area contributed by atoms with E-state index in [1.807, 2.05) is 37.3 Å². The van der Waals surface area contributed by atoms with E-state index in [0.29, 0.717) is 0 Å². The van der Waals surface area contributed by atoms with E-state index in [1.54, 1.807) is 20.4 Å². The Hall–Kier alpha value is -2.23. The van der Waals surface area contributed by atoms with Crippen LogP contribution in [0.15, 0.2) is 36.5 Å². The van der Waals surface area contributed by atoms with Crippen molar-refractivity contribution in [1.82, 2.24) is 4.98 Å². The van der Waals surface area contributed by atoms with Gasteiger partial charge >= 0.3 is 0 Å². The molecular weight excluding hydrogens is 252 g/mol. The van der Waals surface area contributed by atoms with Crippen LogP contribution < -0.4 is 14.8 Å². The van der Waals surface area contributed by atoms with E-state index >= 15 is 0 Å². The molecule has 1 heterocycles. The van der Waals surface area contributed by atoms with Crippen LogP contribution in [0.5, 0.6) is 11.5 Å². The predicted octanol–water partition coefficient (Wildman–Crippen LogP) is 3.58. The van der Waals surface area contributed by atoms with Crippen LogP contribution in [-0.2, 0) is 0 Å². The van der Waals surface area contributed by atoms with Crippen LogP contribution in [0.25, 0.3) is 0 Å². The number of benzene rings is 1. The lowest BCUT2D eigenvalue weighted by Crippen LogP contribution is -2.08. The molecule has 0 aliphatic rings. The molecule has 0 aliphatic carbocycles. The number of aromatic nitrogens is 1. The zero-order chi connectivity index (χ0) is 14.5. The van der Waals surface area contributed by atoms with Crippen molar-refractivity contribution in [2.24, 2.45) is 0 Å². The van der Waals surface area contributed by atoms with Gasteiger partial charge in [-0.15, -0.1) is 0 Å². The molecule has 4 heteroatoms. The Bertz CT molecular complexity index is 584. The van der Waals surface area contributed by atoms with Gasteiger partial charge in [0, 0.05) is 12.2 Å². The summed E-state index contributed by atoms with van der Waals surface area (Å²) in [5, 5.41) is 3.46. The van der Waals surface area contributed by atoms with Gasteiger partial charge in [0.15, 0.2) is 11.5 Å². The van der Waals surface area contributed by atoms with Crippen LogP contribution >= 0.6 is 0 Å². The van der Waals surface area contributed by atoms with E-state index in [9.17, 15) is 0 Å². The van der Waals surface area contributed by atoms with Crippen molar-refractivity contribution in [2.75, 3.05) is 19.5 Å². The van der Waals surface area contributed by atoms with E-state index < -0.39 is 0 Å². The number of hydrogen-bond acceptors (Lipinski definition) is 4. The molecule has 0 radical (unpaired) electrons. The standard InChI is InChI=1S/C16H20N2O2/c1-11(18-14-6-5-9-17-12(14)2)13-7-8-15(19-3)16(10-13)20-4/h5-11,18H,1-4H3. The number of rotatable bonds is 5. The molecule has 4 nitrogen and oxygen atoms in total. The lowest BCUT2D eigenvalue weighted by molar-refractivity contribution is 0.354. The maximum Gasteiger partial charge on any atom is 0.161 e. The topological polar surface area (TPSA) is 43.4 Å². The SMILES string of the molecule is COc1ccc(C(C)Nc2cccnc2C)cc1OC. The summed E-state index contributed by atoms with van der Waals surface area (Å²) in [6.45, 7) is 4.09. The van der Waals surface area contributed by atoms with E-state index in [2.05, 4.69) is 17.2 Å². The van der Waals surface area contributed by atoms with Crippen LogP contribution in [0.3, 0.4) is 0 Å². The summed E-state index contributed by atoms with van der Waals surface area (Å²) in [5.74, 6) is 1.47. The van der Waals surface area contributed by atoms with Gasteiger partial charge in [-0.3, -0.25) is 4.98 Å². The van der Waals surface area contributed by atoms with E-state index in [4.69, 9.17) is 9.47 Å². The predicted molar refractivity (Wildman–Crippen MR) is 80.6 cm³/mol. The molecule has 0 saturated carbocycles. The summed E-state index contributed by atoms with van der Waals surface area (Å²) in [4.78, 5) is 4.28. The molecule has 0 fully saturated rings. The van der Waals surface area contributed by atoms with Gasteiger partial charge < -0.3 is 14.8 Å². The Morgan fingerprint density at radius 2 is 1.85 bits per heavy atom. The maximum atomic E-state index is 5.34. The second-order valence-corrected chi connectivity index (χ2v) is 4.62. The Morgan fingerprint density at radius 1 is 1.10 bits per heavy atom. The molecule has 0 saturated heterocycles. The van der Waals surface area contributed by atoms with Crippen molar-refractivity contribution in [3.8, 4) is 11.5 Å². The highest BCUT2D eigenvalue weighted by molar-refractivity contribution is 5.50. The average molecular weight is 272 g/mol. The van der Waals surface area contributed by atoms with Crippen molar-refractivity contribution in [3.05, 3.63) is 47.8 Å². The number of anilines is 1. The number of methoxy groups -OCH3 is 2. The van der Waals surface area contributed by atoms with Crippen LogP contribution in [0, 0.1) is 6.92 Å². The molecule has 1 aromatic carbocycles. The number of nitrogens with one attached hydrogen (secondary N) is 1. The molecule has 0 aliphatic heterocycles. The quantitative estimate of drug-likeness (QED) is 0.903. The summed E-state index contributed by atoms with van der Waals surface area (Å²) in [6, 6.07) is 10.0. The zero-order valence-corrected chi connectivity index (χ0v) is 12.3. The van der Waals surface area contributed by atoms with Crippen molar-refractivity contribution >= 4 is 5.69 Å². The molecule has 20 heavy (non-hydrogen) atoms. The first-order chi connectivity index (χ1) is 9.65. The number of hydrogen-bond donors (Lipinski definition) is 1. The van der Waals surface area contributed by atoms with Gasteiger partial charge in [-0.1, -0.05) is 6.07 Å². The minimum Gasteiger partial charge on any atom is -0.493 e. The van der Waals surface area contributed by atoms with Crippen molar-refractivity contribution in [1.29, 1.82) is 0 Å². The fourth-order valence-corrected chi connectivity index (χ4v) is 2.08.